The molecular formula is C25H21N3O2S. The number of anilines is 1. The van der Waals surface area contributed by atoms with Gasteiger partial charge in [-0.2, -0.15) is 5.10 Å². The maximum absolute atomic E-state index is 11.5. The summed E-state index contributed by atoms with van der Waals surface area (Å²) in [4.78, 5) is 0. The second kappa shape index (κ2) is 7.25. The molecule has 0 saturated carbocycles. The highest BCUT2D eigenvalue weighted by Crippen LogP contribution is 2.31. The molecule has 5 rings (SSSR count). The van der Waals surface area contributed by atoms with Crippen LogP contribution in [0.4, 0.5) is 5.69 Å². The van der Waals surface area contributed by atoms with Gasteiger partial charge in [0.2, 0.25) is 10.0 Å². The zero-order chi connectivity index (χ0) is 21.6. The Kier molecular flexibility index (Phi) is 4.52. The number of nitrogens with zero attached hydrogens (tertiary/aromatic N) is 2. The summed E-state index contributed by atoms with van der Waals surface area (Å²) >= 11 is 0. The molecule has 1 N–H and O–H groups in total. The van der Waals surface area contributed by atoms with Gasteiger partial charge in [-0.05, 0) is 64.9 Å². The van der Waals surface area contributed by atoms with Crippen LogP contribution in [0.25, 0.3) is 38.5 Å². The highest BCUT2D eigenvalue weighted by molar-refractivity contribution is 7.92. The first kappa shape index (κ1) is 19.3. The van der Waals surface area contributed by atoms with E-state index in [9.17, 15) is 8.42 Å². The van der Waals surface area contributed by atoms with Crippen molar-refractivity contribution in [1.29, 1.82) is 0 Å². The third-order valence-electron chi connectivity index (χ3n) is 5.29. The number of rotatable bonds is 4. The molecule has 0 fully saturated rings. The molecule has 0 bridgehead atoms. The van der Waals surface area contributed by atoms with Crippen LogP contribution in [0, 0.1) is 6.92 Å². The van der Waals surface area contributed by atoms with Gasteiger partial charge in [-0.15, -0.1) is 0 Å². The Morgan fingerprint density at radius 2 is 1.48 bits per heavy atom. The molecule has 5 aromatic rings. The highest BCUT2D eigenvalue weighted by atomic mass is 32.2. The molecule has 0 unspecified atom stereocenters. The average molecular weight is 428 g/mol. The number of fused-ring (bicyclic) bond motifs is 3. The predicted molar refractivity (Wildman–Crippen MR) is 127 cm³/mol. The van der Waals surface area contributed by atoms with E-state index < -0.39 is 10.0 Å². The van der Waals surface area contributed by atoms with Crippen LogP contribution in [0.1, 0.15) is 5.69 Å². The largest absolute Gasteiger partial charge is 0.284 e. The van der Waals surface area contributed by atoms with Crippen molar-refractivity contribution in [1.82, 2.24) is 9.78 Å². The molecule has 0 amide bonds. The number of sulfonamides is 1. The molecule has 31 heavy (non-hydrogen) atoms. The van der Waals surface area contributed by atoms with E-state index in [1.165, 1.54) is 21.5 Å². The molecule has 1 aromatic heterocycles. The minimum absolute atomic E-state index is 0.522. The van der Waals surface area contributed by atoms with E-state index in [2.05, 4.69) is 70.5 Å². The summed E-state index contributed by atoms with van der Waals surface area (Å²) in [6.45, 7) is 1.97. The lowest BCUT2D eigenvalue weighted by molar-refractivity contribution is 0.607. The number of aryl methyl sites for hydroxylation is 1. The second-order valence-electron chi connectivity index (χ2n) is 7.73. The van der Waals surface area contributed by atoms with Crippen LogP contribution in [-0.2, 0) is 10.0 Å². The molecule has 5 nitrogen and oxygen atoms in total. The molecule has 4 aromatic carbocycles. The van der Waals surface area contributed by atoms with Crippen molar-refractivity contribution >= 4 is 37.3 Å². The van der Waals surface area contributed by atoms with E-state index in [4.69, 9.17) is 0 Å². The van der Waals surface area contributed by atoms with Crippen molar-refractivity contribution in [2.75, 3.05) is 11.0 Å². The zero-order valence-corrected chi connectivity index (χ0v) is 18.0. The Morgan fingerprint density at radius 1 is 0.806 bits per heavy atom. The fourth-order valence-corrected chi connectivity index (χ4v) is 4.51. The van der Waals surface area contributed by atoms with Crippen LogP contribution in [0.15, 0.2) is 84.9 Å². The lowest BCUT2D eigenvalue weighted by Gasteiger charge is -2.11. The van der Waals surface area contributed by atoms with E-state index in [0.29, 0.717) is 5.69 Å². The average Bonchev–Trinajstić information content (AvgIpc) is 3.14. The lowest BCUT2D eigenvalue weighted by Crippen LogP contribution is -2.09. The van der Waals surface area contributed by atoms with Crippen LogP contribution < -0.4 is 4.72 Å². The van der Waals surface area contributed by atoms with Gasteiger partial charge >= 0.3 is 0 Å². The number of hydrogen-bond donors (Lipinski definition) is 1. The topological polar surface area (TPSA) is 64.0 Å². The third kappa shape index (κ3) is 3.78. The first-order valence-corrected chi connectivity index (χ1v) is 11.8. The SMILES string of the molecule is Cc1cc(-c2ccc3ccc4ccccc4c3c2)n(-c2ccc(NS(C)(=O)=O)cc2)n1. The Morgan fingerprint density at radius 3 is 2.23 bits per heavy atom. The fourth-order valence-electron chi connectivity index (χ4n) is 3.95. The van der Waals surface area contributed by atoms with Crippen LogP contribution in [0.5, 0.6) is 0 Å². The summed E-state index contributed by atoms with van der Waals surface area (Å²) < 4.78 is 27.3. The quantitative estimate of drug-likeness (QED) is 0.384. The van der Waals surface area contributed by atoms with Gasteiger partial charge in [-0.25, -0.2) is 13.1 Å². The monoisotopic (exact) mass is 427 g/mol. The van der Waals surface area contributed by atoms with Crippen LogP contribution in [0.2, 0.25) is 0 Å². The molecule has 0 spiro atoms. The van der Waals surface area contributed by atoms with Gasteiger partial charge in [0.1, 0.15) is 0 Å². The van der Waals surface area contributed by atoms with Gasteiger partial charge in [-0.1, -0.05) is 48.5 Å². The van der Waals surface area contributed by atoms with Gasteiger partial charge in [0, 0.05) is 11.3 Å². The first-order valence-electron chi connectivity index (χ1n) is 9.94. The Bertz CT molecular complexity index is 1530. The summed E-state index contributed by atoms with van der Waals surface area (Å²) in [6, 6.07) is 28.4. The van der Waals surface area contributed by atoms with E-state index >= 15 is 0 Å². The molecule has 154 valence electrons. The van der Waals surface area contributed by atoms with Crippen molar-refractivity contribution in [2.24, 2.45) is 0 Å². The molecule has 0 aliphatic carbocycles. The fraction of sp³-hybridized carbons (Fsp3) is 0.0800. The smallest absolute Gasteiger partial charge is 0.229 e. The van der Waals surface area contributed by atoms with Crippen molar-refractivity contribution in [2.45, 2.75) is 6.92 Å². The standard InChI is InChI=1S/C25H21N3O2S/c1-17-15-25(28(26-17)22-13-11-21(12-14-22)27-31(2,29)30)20-10-9-19-8-7-18-5-3-4-6-23(18)24(19)16-20/h3-16,27H,1-2H3. The van der Waals surface area contributed by atoms with Gasteiger partial charge in [-0.3, -0.25) is 4.72 Å². The zero-order valence-electron chi connectivity index (χ0n) is 17.2. The number of nitrogens with one attached hydrogen (secondary N) is 1. The van der Waals surface area contributed by atoms with Crippen molar-refractivity contribution in [3.63, 3.8) is 0 Å². The van der Waals surface area contributed by atoms with E-state index in [1.54, 1.807) is 12.1 Å². The van der Waals surface area contributed by atoms with E-state index in [1.807, 2.05) is 23.7 Å². The molecule has 0 saturated heterocycles. The van der Waals surface area contributed by atoms with E-state index in [0.717, 1.165) is 28.9 Å². The summed E-state index contributed by atoms with van der Waals surface area (Å²) in [6.07, 6.45) is 1.14. The number of aromatic nitrogens is 2. The Labute approximate surface area is 181 Å². The molecular weight excluding hydrogens is 406 g/mol. The summed E-state index contributed by atoms with van der Waals surface area (Å²) in [5.41, 5.74) is 4.35. The van der Waals surface area contributed by atoms with Crippen molar-refractivity contribution in [3.05, 3.63) is 90.6 Å². The van der Waals surface area contributed by atoms with Gasteiger partial charge < -0.3 is 0 Å². The summed E-state index contributed by atoms with van der Waals surface area (Å²) in [5.74, 6) is 0. The molecule has 0 aliphatic heterocycles. The Hall–Kier alpha value is -3.64. The highest BCUT2D eigenvalue weighted by Gasteiger charge is 2.12. The van der Waals surface area contributed by atoms with Crippen molar-refractivity contribution < 1.29 is 8.42 Å². The van der Waals surface area contributed by atoms with Crippen LogP contribution in [0.3, 0.4) is 0 Å². The minimum Gasteiger partial charge on any atom is -0.284 e. The summed E-state index contributed by atoms with van der Waals surface area (Å²) in [7, 11) is -3.31. The van der Waals surface area contributed by atoms with E-state index in [-0.39, 0.29) is 0 Å². The maximum atomic E-state index is 11.5. The maximum Gasteiger partial charge on any atom is 0.229 e. The van der Waals surface area contributed by atoms with Gasteiger partial charge in [0.25, 0.3) is 0 Å². The molecule has 1 heterocycles. The molecule has 0 aliphatic rings. The molecule has 6 heteroatoms. The third-order valence-corrected chi connectivity index (χ3v) is 5.90. The van der Waals surface area contributed by atoms with Gasteiger partial charge in [0.15, 0.2) is 0 Å². The predicted octanol–water partition coefficient (Wildman–Crippen LogP) is 5.53. The minimum atomic E-state index is -3.31. The normalized spacial score (nSPS) is 11.8. The Balaban J connectivity index is 1.62. The van der Waals surface area contributed by atoms with Crippen molar-refractivity contribution in [3.8, 4) is 16.9 Å². The first-order chi connectivity index (χ1) is 14.9. The van der Waals surface area contributed by atoms with Gasteiger partial charge in [0.05, 0.1) is 23.3 Å². The lowest BCUT2D eigenvalue weighted by atomic mass is 9.99. The second-order valence-corrected chi connectivity index (χ2v) is 9.47. The molecule has 0 atom stereocenters. The number of hydrogen-bond acceptors (Lipinski definition) is 3. The summed E-state index contributed by atoms with van der Waals surface area (Å²) in [5, 5.41) is 9.52. The van der Waals surface area contributed by atoms with Crippen LogP contribution in [-0.4, -0.2) is 24.5 Å². The molecule has 0 radical (unpaired) electrons. The number of benzene rings is 4. The van der Waals surface area contributed by atoms with Crippen LogP contribution >= 0.6 is 0 Å².